The van der Waals surface area contributed by atoms with E-state index in [0.717, 1.165) is 11.0 Å². The van der Waals surface area contributed by atoms with Crippen LogP contribution in [0.15, 0.2) is 42.5 Å². The number of halogens is 3. The van der Waals surface area contributed by atoms with E-state index in [9.17, 15) is 27.9 Å². The summed E-state index contributed by atoms with van der Waals surface area (Å²) in [6.07, 6.45) is -1.55. The van der Waals surface area contributed by atoms with Crippen LogP contribution in [-0.4, -0.2) is 55.2 Å². The van der Waals surface area contributed by atoms with Gasteiger partial charge in [0, 0.05) is 29.8 Å². The number of nitrogens with two attached hydrogens (primary N) is 1. The molecule has 216 valence electrons. The van der Waals surface area contributed by atoms with Crippen LogP contribution in [0.1, 0.15) is 49.3 Å². The van der Waals surface area contributed by atoms with E-state index in [4.69, 9.17) is 20.6 Å². The fourth-order valence-electron chi connectivity index (χ4n) is 4.17. The van der Waals surface area contributed by atoms with E-state index >= 15 is 0 Å². The van der Waals surface area contributed by atoms with E-state index in [1.165, 1.54) is 42.5 Å². The molecule has 1 heterocycles. The zero-order valence-electron chi connectivity index (χ0n) is 22.1. The number of aromatic hydroxyl groups is 1. The first-order valence-corrected chi connectivity index (χ1v) is 12.9. The number of amides is 1. The van der Waals surface area contributed by atoms with Crippen LogP contribution in [-0.2, 0) is 20.5 Å². The van der Waals surface area contributed by atoms with Crippen molar-refractivity contribution in [2.24, 2.45) is 5.73 Å². The fourth-order valence-corrected chi connectivity index (χ4v) is 4.17. The van der Waals surface area contributed by atoms with Gasteiger partial charge in [0.25, 0.3) is 0 Å². The summed E-state index contributed by atoms with van der Waals surface area (Å²) in [5, 5.41) is 20.9. The Morgan fingerprint density at radius 3 is 2.55 bits per heavy atom. The molecule has 1 aliphatic heterocycles. The zero-order chi connectivity index (χ0) is 29.3. The minimum Gasteiger partial charge on any atom is -0.507 e. The first-order chi connectivity index (χ1) is 19.0. The van der Waals surface area contributed by atoms with Crippen LogP contribution in [0.4, 0.5) is 18.9 Å². The molecular weight excluding hydrogens is 529 g/mol. The lowest BCUT2D eigenvalue weighted by Crippen LogP contribution is -2.34. The summed E-state index contributed by atoms with van der Waals surface area (Å²) in [6.45, 7) is 2.88. The van der Waals surface area contributed by atoms with E-state index < -0.39 is 23.6 Å². The van der Waals surface area contributed by atoms with Crippen LogP contribution >= 0.6 is 0 Å². The third-order valence-electron chi connectivity index (χ3n) is 6.23. The molecule has 0 bridgehead atoms. The molecule has 1 aliphatic rings. The summed E-state index contributed by atoms with van der Waals surface area (Å²) in [6, 6.07) is 7.73. The van der Waals surface area contributed by atoms with Gasteiger partial charge in [0.1, 0.15) is 23.4 Å². The largest absolute Gasteiger partial charge is 0.507 e. The lowest BCUT2D eigenvalue weighted by Gasteiger charge is -2.27. The Kier molecular flexibility index (Phi) is 10.5. The maximum atomic E-state index is 14.1. The summed E-state index contributed by atoms with van der Waals surface area (Å²) in [5.74, 6) is -1.83. The molecule has 0 spiro atoms. The minimum atomic E-state index is -4.74. The maximum absolute atomic E-state index is 14.1. The number of esters is 1. The number of carbonyl (C=O) groups is 2. The van der Waals surface area contributed by atoms with Gasteiger partial charge in [0.05, 0.1) is 18.6 Å². The van der Waals surface area contributed by atoms with Gasteiger partial charge in [-0.2, -0.15) is 13.2 Å². The second-order valence-electron chi connectivity index (χ2n) is 9.14. The molecule has 0 atom stereocenters. The predicted molar refractivity (Wildman–Crippen MR) is 144 cm³/mol. The first kappa shape index (κ1) is 30.5. The number of alkyl halides is 3. The summed E-state index contributed by atoms with van der Waals surface area (Å²) < 4.78 is 52.8. The third kappa shape index (κ3) is 8.47. The number of phenolic OH excluding ortho intramolecular Hbond substituents is 1. The molecule has 1 amide bonds. The Bertz CT molecular complexity index is 1240. The van der Waals surface area contributed by atoms with Crippen molar-refractivity contribution < 1.29 is 37.3 Å². The van der Waals surface area contributed by atoms with Crippen LogP contribution < -0.4 is 20.7 Å². The molecule has 5 N–H and O–H groups in total. The SMILES string of the molecule is CCOC(=O)CCC(=O)N(C/C=C/c1cc(C(=N)N)ccc1O)c1ccc(OC2CCNCC2)c(C(F)(F)F)c1. The Morgan fingerprint density at radius 2 is 1.90 bits per heavy atom. The molecule has 12 heteroatoms. The van der Waals surface area contributed by atoms with Crippen LogP contribution in [0, 0.1) is 5.41 Å². The molecule has 0 saturated carbocycles. The van der Waals surface area contributed by atoms with Crippen LogP contribution in [0.2, 0.25) is 0 Å². The average molecular weight is 563 g/mol. The van der Waals surface area contributed by atoms with E-state index in [1.54, 1.807) is 6.92 Å². The Labute approximate surface area is 230 Å². The van der Waals surface area contributed by atoms with Crippen LogP contribution in [0.5, 0.6) is 11.5 Å². The Morgan fingerprint density at radius 1 is 1.18 bits per heavy atom. The first-order valence-electron chi connectivity index (χ1n) is 12.9. The predicted octanol–water partition coefficient (Wildman–Crippen LogP) is 4.22. The van der Waals surface area contributed by atoms with Gasteiger partial charge in [0.2, 0.25) is 5.91 Å². The molecule has 40 heavy (non-hydrogen) atoms. The van der Waals surface area contributed by atoms with Gasteiger partial charge in [-0.1, -0.05) is 12.2 Å². The summed E-state index contributed by atoms with van der Waals surface area (Å²) >= 11 is 0. The van der Waals surface area contributed by atoms with Gasteiger partial charge in [-0.05, 0) is 69.3 Å². The summed E-state index contributed by atoms with van der Waals surface area (Å²) in [7, 11) is 0. The number of rotatable bonds is 11. The molecule has 0 radical (unpaired) electrons. The quantitative estimate of drug-likeness (QED) is 0.183. The molecule has 9 nitrogen and oxygen atoms in total. The molecule has 2 aromatic carbocycles. The number of ether oxygens (including phenoxy) is 2. The number of amidine groups is 1. The molecule has 0 unspecified atom stereocenters. The number of nitrogen functional groups attached to an aromatic ring is 1. The normalized spacial score (nSPS) is 14.2. The van der Waals surface area contributed by atoms with E-state index in [2.05, 4.69) is 5.32 Å². The van der Waals surface area contributed by atoms with Crippen LogP contribution in [0.3, 0.4) is 0 Å². The molecule has 2 aromatic rings. The third-order valence-corrected chi connectivity index (χ3v) is 6.23. The fraction of sp³-hybridized carbons (Fsp3) is 0.393. The number of hydrogen-bond acceptors (Lipinski definition) is 7. The van der Waals surface area contributed by atoms with E-state index in [1.807, 2.05) is 0 Å². The van der Waals surface area contributed by atoms with Crippen molar-refractivity contribution >= 4 is 29.5 Å². The minimum absolute atomic E-state index is 0.0368. The Hall–Kier alpha value is -4.06. The van der Waals surface area contributed by atoms with E-state index in [-0.39, 0.29) is 55.1 Å². The van der Waals surface area contributed by atoms with Crippen molar-refractivity contribution in [1.82, 2.24) is 5.32 Å². The van der Waals surface area contributed by atoms with Gasteiger partial charge in [-0.25, -0.2) is 0 Å². The van der Waals surface area contributed by atoms with Gasteiger partial charge >= 0.3 is 12.1 Å². The summed E-state index contributed by atoms with van der Waals surface area (Å²) in [5.41, 5.74) is 5.12. The smallest absolute Gasteiger partial charge is 0.420 e. The lowest BCUT2D eigenvalue weighted by molar-refractivity contribution is -0.144. The van der Waals surface area contributed by atoms with Crippen molar-refractivity contribution in [3.05, 3.63) is 59.2 Å². The zero-order valence-corrected chi connectivity index (χ0v) is 22.1. The number of phenols is 1. The van der Waals surface area contributed by atoms with Gasteiger partial charge in [0.15, 0.2) is 0 Å². The summed E-state index contributed by atoms with van der Waals surface area (Å²) in [4.78, 5) is 26.1. The number of hydrogen-bond donors (Lipinski definition) is 4. The van der Waals surface area contributed by atoms with Crippen molar-refractivity contribution in [2.75, 3.05) is 31.1 Å². The van der Waals surface area contributed by atoms with Gasteiger partial charge < -0.3 is 30.5 Å². The monoisotopic (exact) mass is 562 g/mol. The van der Waals surface area contributed by atoms with Crippen molar-refractivity contribution in [2.45, 2.75) is 44.9 Å². The number of benzene rings is 2. The molecular formula is C28H33F3N4O5. The Balaban J connectivity index is 1.92. The lowest BCUT2D eigenvalue weighted by atomic mass is 10.1. The highest BCUT2D eigenvalue weighted by molar-refractivity contribution is 5.96. The molecule has 0 aromatic heterocycles. The molecule has 0 aliphatic carbocycles. The second-order valence-corrected chi connectivity index (χ2v) is 9.14. The number of nitrogens with one attached hydrogen (secondary N) is 2. The molecule has 1 fully saturated rings. The standard InChI is InChI=1S/C28H33F3N4O5/c1-2-39-26(38)10-9-25(37)35(15-3-4-18-16-19(27(32)33)5-7-23(18)36)20-6-8-24(22(17-20)28(29,30)31)40-21-11-13-34-14-12-21/h3-8,16-17,21,34,36H,2,9-15H2,1H3,(H3,32,33)/b4-3+. The van der Waals surface area contributed by atoms with Crippen LogP contribution in [0.25, 0.3) is 6.08 Å². The number of carbonyl (C=O) groups excluding carboxylic acids is 2. The molecule has 1 saturated heterocycles. The highest BCUT2D eigenvalue weighted by atomic mass is 19.4. The van der Waals surface area contributed by atoms with Crippen molar-refractivity contribution in [1.29, 1.82) is 5.41 Å². The van der Waals surface area contributed by atoms with Crippen molar-refractivity contribution in [3.8, 4) is 11.5 Å². The number of nitrogens with zero attached hydrogens (tertiary/aromatic N) is 1. The number of anilines is 1. The highest BCUT2D eigenvalue weighted by Gasteiger charge is 2.36. The highest BCUT2D eigenvalue weighted by Crippen LogP contribution is 2.39. The van der Waals surface area contributed by atoms with Crippen molar-refractivity contribution in [3.63, 3.8) is 0 Å². The van der Waals surface area contributed by atoms with Gasteiger partial charge in [-0.3, -0.25) is 15.0 Å². The molecule has 3 rings (SSSR count). The van der Waals surface area contributed by atoms with Gasteiger partial charge in [-0.15, -0.1) is 0 Å². The number of piperidine rings is 1. The maximum Gasteiger partial charge on any atom is 0.420 e. The second kappa shape index (κ2) is 13.8. The average Bonchev–Trinajstić information content (AvgIpc) is 2.91. The topological polar surface area (TPSA) is 138 Å². The van der Waals surface area contributed by atoms with E-state index in [0.29, 0.717) is 37.1 Å².